The van der Waals surface area contributed by atoms with E-state index in [4.69, 9.17) is 0 Å². The topological polar surface area (TPSA) is 29.1 Å². The molecule has 0 spiro atoms. The fourth-order valence-corrected chi connectivity index (χ4v) is 2.49. The van der Waals surface area contributed by atoms with Crippen molar-refractivity contribution in [3.8, 4) is 0 Å². The molecule has 15 heavy (non-hydrogen) atoms. The number of amides is 1. The molecule has 1 aromatic rings. The van der Waals surface area contributed by atoms with E-state index in [0.29, 0.717) is 18.3 Å². The van der Waals surface area contributed by atoms with Crippen LogP contribution in [0.3, 0.4) is 0 Å². The van der Waals surface area contributed by atoms with E-state index in [1.54, 1.807) is 7.05 Å². The molecule has 2 nitrogen and oxygen atoms in total. The summed E-state index contributed by atoms with van der Waals surface area (Å²) in [5.41, 5.74) is 0. The van der Waals surface area contributed by atoms with Crippen LogP contribution in [-0.2, 0) is 4.79 Å². The van der Waals surface area contributed by atoms with Crippen molar-refractivity contribution in [1.82, 2.24) is 5.32 Å². The molecule has 0 aliphatic carbocycles. The molecule has 1 unspecified atom stereocenters. The second kappa shape index (κ2) is 5.31. The Balaban J connectivity index is 2.65. The summed E-state index contributed by atoms with van der Waals surface area (Å²) in [5, 5.41) is 2.66. The van der Waals surface area contributed by atoms with Crippen LogP contribution in [0.2, 0.25) is 0 Å². The smallest absolute Gasteiger partial charge is 0.220 e. The molecule has 0 aliphatic rings. The molecular formula is C12H19NOS. The van der Waals surface area contributed by atoms with Crippen LogP contribution >= 0.6 is 11.3 Å². The number of carbonyl (C=O) groups excluding carboxylic acids is 1. The third kappa shape index (κ3) is 3.34. The lowest BCUT2D eigenvalue weighted by molar-refractivity contribution is -0.120. The number of hydrogen-bond donors (Lipinski definition) is 1. The van der Waals surface area contributed by atoms with Crippen molar-refractivity contribution in [3.05, 3.63) is 21.9 Å². The zero-order chi connectivity index (χ0) is 11.4. The van der Waals surface area contributed by atoms with Crippen molar-refractivity contribution in [3.63, 3.8) is 0 Å². The minimum absolute atomic E-state index is 0.113. The van der Waals surface area contributed by atoms with E-state index in [9.17, 15) is 4.79 Å². The van der Waals surface area contributed by atoms with Gasteiger partial charge >= 0.3 is 0 Å². The van der Waals surface area contributed by atoms with Gasteiger partial charge in [-0.2, -0.15) is 0 Å². The molecule has 1 N–H and O–H groups in total. The quantitative estimate of drug-likeness (QED) is 0.838. The van der Waals surface area contributed by atoms with Gasteiger partial charge in [0.05, 0.1) is 0 Å². The molecule has 0 saturated heterocycles. The van der Waals surface area contributed by atoms with E-state index in [1.807, 2.05) is 11.3 Å². The van der Waals surface area contributed by atoms with Crippen molar-refractivity contribution < 1.29 is 4.79 Å². The monoisotopic (exact) mass is 225 g/mol. The zero-order valence-electron chi connectivity index (χ0n) is 9.83. The maximum Gasteiger partial charge on any atom is 0.220 e. The fourth-order valence-electron chi connectivity index (χ4n) is 1.42. The van der Waals surface area contributed by atoms with E-state index in [1.165, 1.54) is 9.75 Å². The van der Waals surface area contributed by atoms with Gasteiger partial charge in [-0.25, -0.2) is 0 Å². The van der Waals surface area contributed by atoms with Crippen LogP contribution in [0.25, 0.3) is 0 Å². The molecule has 0 bridgehead atoms. The van der Waals surface area contributed by atoms with Gasteiger partial charge in [-0.3, -0.25) is 4.79 Å². The molecule has 0 saturated carbocycles. The van der Waals surface area contributed by atoms with E-state index in [2.05, 4.69) is 38.2 Å². The standard InChI is InChI=1S/C12H19NOS/c1-8(2)10-5-6-11(15-10)9(3)7-12(14)13-4/h5-6,8-9H,7H2,1-4H3,(H,13,14). The molecule has 0 fully saturated rings. The molecule has 1 rings (SSSR count). The molecule has 1 amide bonds. The summed E-state index contributed by atoms with van der Waals surface area (Å²) in [5.74, 6) is 1.01. The van der Waals surface area contributed by atoms with Crippen LogP contribution in [0.5, 0.6) is 0 Å². The van der Waals surface area contributed by atoms with Gasteiger partial charge in [0, 0.05) is 23.2 Å². The van der Waals surface area contributed by atoms with E-state index >= 15 is 0 Å². The SMILES string of the molecule is CNC(=O)CC(C)c1ccc(C(C)C)s1. The molecular weight excluding hydrogens is 206 g/mol. The average Bonchev–Trinajstić information content (AvgIpc) is 2.66. The molecule has 84 valence electrons. The minimum atomic E-state index is 0.113. The Morgan fingerprint density at radius 3 is 2.40 bits per heavy atom. The highest BCUT2D eigenvalue weighted by molar-refractivity contribution is 7.12. The van der Waals surface area contributed by atoms with Gasteiger partial charge in [0.2, 0.25) is 5.91 Å². The van der Waals surface area contributed by atoms with E-state index < -0.39 is 0 Å². The third-order valence-electron chi connectivity index (χ3n) is 2.47. The van der Waals surface area contributed by atoms with Gasteiger partial charge in [-0.15, -0.1) is 11.3 Å². The van der Waals surface area contributed by atoms with Crippen molar-refractivity contribution in [2.45, 2.75) is 39.0 Å². The average molecular weight is 225 g/mol. The zero-order valence-corrected chi connectivity index (χ0v) is 10.6. The number of hydrogen-bond acceptors (Lipinski definition) is 2. The van der Waals surface area contributed by atoms with E-state index in [-0.39, 0.29) is 5.91 Å². The minimum Gasteiger partial charge on any atom is -0.359 e. The summed E-state index contributed by atoms with van der Waals surface area (Å²) in [6.45, 7) is 6.49. The molecule has 0 aromatic carbocycles. The second-order valence-corrected chi connectivity index (χ2v) is 5.32. The Hall–Kier alpha value is -0.830. The first-order valence-corrected chi connectivity index (χ1v) is 6.16. The number of carbonyl (C=O) groups is 1. The van der Waals surface area contributed by atoms with Gasteiger partial charge in [0.15, 0.2) is 0 Å². The molecule has 1 atom stereocenters. The highest BCUT2D eigenvalue weighted by Crippen LogP contribution is 2.30. The Labute approximate surface area is 95.7 Å². The molecule has 1 heterocycles. The number of nitrogens with one attached hydrogen (secondary N) is 1. The number of thiophene rings is 1. The number of rotatable bonds is 4. The lowest BCUT2D eigenvalue weighted by atomic mass is 10.1. The van der Waals surface area contributed by atoms with Gasteiger partial charge in [-0.1, -0.05) is 20.8 Å². The highest BCUT2D eigenvalue weighted by Gasteiger charge is 2.13. The van der Waals surface area contributed by atoms with Crippen molar-refractivity contribution >= 4 is 17.2 Å². The van der Waals surface area contributed by atoms with Gasteiger partial charge < -0.3 is 5.32 Å². The Kier molecular flexibility index (Phi) is 4.33. The first kappa shape index (κ1) is 12.2. The van der Waals surface area contributed by atoms with Gasteiger partial charge in [0.1, 0.15) is 0 Å². The normalized spacial score (nSPS) is 12.9. The largest absolute Gasteiger partial charge is 0.359 e. The second-order valence-electron chi connectivity index (χ2n) is 4.17. The maximum atomic E-state index is 11.2. The first-order chi connectivity index (χ1) is 7.04. The van der Waals surface area contributed by atoms with Crippen LogP contribution in [0.15, 0.2) is 12.1 Å². The van der Waals surface area contributed by atoms with Gasteiger partial charge in [-0.05, 0) is 24.0 Å². The summed E-state index contributed by atoms with van der Waals surface area (Å²) < 4.78 is 0. The summed E-state index contributed by atoms with van der Waals surface area (Å²) in [4.78, 5) is 13.9. The van der Waals surface area contributed by atoms with Crippen LogP contribution < -0.4 is 5.32 Å². The lowest BCUT2D eigenvalue weighted by Crippen LogP contribution is -2.19. The molecule has 1 aromatic heterocycles. The predicted octanol–water partition coefficient (Wildman–Crippen LogP) is 3.11. The van der Waals surface area contributed by atoms with Crippen LogP contribution in [0.4, 0.5) is 0 Å². The Morgan fingerprint density at radius 1 is 1.33 bits per heavy atom. The summed E-state index contributed by atoms with van der Waals surface area (Å²) in [6, 6.07) is 4.32. The predicted molar refractivity (Wildman–Crippen MR) is 65.5 cm³/mol. The van der Waals surface area contributed by atoms with Crippen LogP contribution in [0, 0.1) is 0 Å². The van der Waals surface area contributed by atoms with Crippen LogP contribution in [-0.4, -0.2) is 13.0 Å². The lowest BCUT2D eigenvalue weighted by Gasteiger charge is -2.07. The fraction of sp³-hybridized carbons (Fsp3) is 0.583. The summed E-state index contributed by atoms with van der Waals surface area (Å²) in [6.07, 6.45) is 0.578. The summed E-state index contributed by atoms with van der Waals surface area (Å²) in [7, 11) is 1.68. The third-order valence-corrected chi connectivity index (χ3v) is 4.09. The van der Waals surface area contributed by atoms with Crippen LogP contribution in [0.1, 0.15) is 48.8 Å². The Bertz CT molecular complexity index is 330. The summed E-state index contributed by atoms with van der Waals surface area (Å²) >= 11 is 1.82. The van der Waals surface area contributed by atoms with E-state index in [0.717, 1.165) is 0 Å². The van der Waals surface area contributed by atoms with Crippen molar-refractivity contribution in [2.75, 3.05) is 7.05 Å². The first-order valence-electron chi connectivity index (χ1n) is 5.34. The van der Waals surface area contributed by atoms with Crippen molar-refractivity contribution in [2.24, 2.45) is 0 Å². The maximum absolute atomic E-state index is 11.2. The Morgan fingerprint density at radius 2 is 1.93 bits per heavy atom. The van der Waals surface area contributed by atoms with Crippen molar-refractivity contribution in [1.29, 1.82) is 0 Å². The molecule has 3 heteroatoms. The highest BCUT2D eigenvalue weighted by atomic mass is 32.1. The van der Waals surface area contributed by atoms with Gasteiger partial charge in [0.25, 0.3) is 0 Å². The molecule has 0 aliphatic heterocycles. The molecule has 0 radical (unpaired) electrons.